The van der Waals surface area contributed by atoms with Crippen molar-refractivity contribution in [3.8, 4) is 0 Å². The number of rotatable bonds is 7. The van der Waals surface area contributed by atoms with E-state index < -0.39 is 24.5 Å². The maximum Gasteiger partial charge on any atom is 0.338 e. The lowest BCUT2D eigenvalue weighted by atomic mass is 10.2. The number of amides is 3. The van der Waals surface area contributed by atoms with Crippen molar-refractivity contribution in [3.05, 3.63) is 84.4 Å². The second-order valence-electron chi connectivity index (χ2n) is 6.10. The van der Waals surface area contributed by atoms with Crippen LogP contribution in [0.3, 0.4) is 0 Å². The van der Waals surface area contributed by atoms with Crippen LogP contribution in [-0.2, 0) is 9.53 Å². The second kappa shape index (κ2) is 10.1. The molecule has 7 nitrogen and oxygen atoms in total. The van der Waals surface area contributed by atoms with Crippen molar-refractivity contribution in [1.29, 1.82) is 0 Å². The number of carbonyl (C=O) groups excluding carboxylic acids is 3. The Labute approximate surface area is 177 Å². The van der Waals surface area contributed by atoms with Crippen molar-refractivity contribution < 1.29 is 19.1 Å². The van der Waals surface area contributed by atoms with Crippen molar-refractivity contribution in [2.45, 2.75) is 9.79 Å². The van der Waals surface area contributed by atoms with E-state index in [1.807, 2.05) is 48.5 Å². The highest BCUT2D eigenvalue weighted by molar-refractivity contribution is 7.99. The summed E-state index contributed by atoms with van der Waals surface area (Å²) in [5.74, 6) is -1.10. The van der Waals surface area contributed by atoms with E-state index in [2.05, 4.69) is 10.6 Å². The molecule has 0 fully saturated rings. The summed E-state index contributed by atoms with van der Waals surface area (Å²) in [4.78, 5) is 37.1. The normalized spacial score (nSPS) is 10.1. The summed E-state index contributed by atoms with van der Waals surface area (Å²) in [7, 11) is 0. The molecule has 3 rings (SSSR count). The van der Waals surface area contributed by atoms with Gasteiger partial charge in [0.2, 0.25) is 0 Å². The van der Waals surface area contributed by atoms with Gasteiger partial charge in [-0.2, -0.15) is 0 Å². The number of nitrogens with two attached hydrogens (primary N) is 1. The maximum atomic E-state index is 12.3. The summed E-state index contributed by atoms with van der Waals surface area (Å²) in [5, 5.41) is 5.16. The van der Waals surface area contributed by atoms with E-state index in [-0.39, 0.29) is 5.56 Å². The molecule has 0 unspecified atom stereocenters. The molecule has 3 amide bonds. The summed E-state index contributed by atoms with van der Waals surface area (Å²) in [6, 6.07) is 22.4. The van der Waals surface area contributed by atoms with E-state index >= 15 is 0 Å². The lowest BCUT2D eigenvalue weighted by Gasteiger charge is -2.11. The van der Waals surface area contributed by atoms with Gasteiger partial charge in [-0.15, -0.1) is 0 Å². The quantitative estimate of drug-likeness (QED) is 0.497. The van der Waals surface area contributed by atoms with E-state index in [4.69, 9.17) is 10.5 Å². The van der Waals surface area contributed by atoms with E-state index in [1.54, 1.807) is 6.07 Å². The molecular formula is C22H19N3O4S. The van der Waals surface area contributed by atoms with Gasteiger partial charge in [0.1, 0.15) is 0 Å². The van der Waals surface area contributed by atoms with Gasteiger partial charge in [0.15, 0.2) is 6.61 Å². The second-order valence-corrected chi connectivity index (χ2v) is 7.22. The van der Waals surface area contributed by atoms with Gasteiger partial charge >= 0.3 is 12.0 Å². The zero-order valence-electron chi connectivity index (χ0n) is 15.8. The predicted molar refractivity (Wildman–Crippen MR) is 116 cm³/mol. The summed E-state index contributed by atoms with van der Waals surface area (Å²) >= 11 is 1.52. The molecule has 0 aliphatic rings. The first-order valence-electron chi connectivity index (χ1n) is 8.97. The van der Waals surface area contributed by atoms with Crippen molar-refractivity contribution in [1.82, 2.24) is 0 Å². The Kier molecular flexibility index (Phi) is 7.07. The summed E-state index contributed by atoms with van der Waals surface area (Å²) < 4.78 is 5.07. The van der Waals surface area contributed by atoms with Gasteiger partial charge in [0.05, 0.1) is 11.3 Å². The molecule has 0 bridgehead atoms. The highest BCUT2D eigenvalue weighted by Gasteiger charge is 2.12. The molecule has 0 aliphatic heterocycles. The van der Waals surface area contributed by atoms with Crippen LogP contribution in [0.1, 0.15) is 10.4 Å². The van der Waals surface area contributed by atoms with Crippen LogP contribution in [0.15, 0.2) is 88.7 Å². The topological polar surface area (TPSA) is 111 Å². The molecule has 30 heavy (non-hydrogen) atoms. The highest BCUT2D eigenvalue weighted by Crippen LogP contribution is 2.33. The smallest absolute Gasteiger partial charge is 0.338 e. The monoisotopic (exact) mass is 421 g/mol. The number of hydrogen-bond donors (Lipinski definition) is 3. The molecule has 152 valence electrons. The van der Waals surface area contributed by atoms with Crippen LogP contribution in [-0.4, -0.2) is 24.5 Å². The Hall–Kier alpha value is -3.78. The van der Waals surface area contributed by atoms with Gasteiger partial charge in [-0.25, -0.2) is 9.59 Å². The minimum Gasteiger partial charge on any atom is -0.452 e. The van der Waals surface area contributed by atoms with E-state index in [9.17, 15) is 14.4 Å². The zero-order valence-corrected chi connectivity index (χ0v) is 16.6. The maximum absolute atomic E-state index is 12.3. The standard InChI is InChI=1S/C22H19N3O4S/c23-22(28)24-16-12-10-15(11-13-16)21(27)29-14-20(26)25-18-8-4-5-9-19(18)30-17-6-2-1-3-7-17/h1-13H,14H2,(H,25,26)(H3,23,24,28). The lowest BCUT2D eigenvalue weighted by Crippen LogP contribution is -2.21. The van der Waals surface area contributed by atoms with Gasteiger partial charge in [-0.3, -0.25) is 4.79 Å². The first-order valence-corrected chi connectivity index (χ1v) is 9.78. The Morgan fingerprint density at radius 3 is 2.20 bits per heavy atom. The largest absolute Gasteiger partial charge is 0.452 e. The fourth-order valence-corrected chi connectivity index (χ4v) is 3.43. The molecule has 0 heterocycles. The SMILES string of the molecule is NC(=O)Nc1ccc(C(=O)OCC(=O)Nc2ccccc2Sc2ccccc2)cc1. The van der Waals surface area contributed by atoms with Gasteiger partial charge in [0.25, 0.3) is 5.91 Å². The van der Waals surface area contributed by atoms with E-state index in [0.29, 0.717) is 11.4 Å². The van der Waals surface area contributed by atoms with Crippen LogP contribution in [0.25, 0.3) is 0 Å². The van der Waals surface area contributed by atoms with Crippen molar-refractivity contribution in [2.75, 3.05) is 17.2 Å². The average Bonchev–Trinajstić information content (AvgIpc) is 2.74. The molecule has 4 N–H and O–H groups in total. The zero-order chi connectivity index (χ0) is 21.3. The van der Waals surface area contributed by atoms with E-state index in [0.717, 1.165) is 9.79 Å². The van der Waals surface area contributed by atoms with E-state index in [1.165, 1.54) is 36.0 Å². The van der Waals surface area contributed by atoms with Crippen LogP contribution in [0.2, 0.25) is 0 Å². The molecule has 0 radical (unpaired) electrons. The number of para-hydroxylation sites is 1. The van der Waals surface area contributed by atoms with Crippen LogP contribution in [0.4, 0.5) is 16.2 Å². The Bertz CT molecular complexity index is 1040. The summed E-state index contributed by atoms with van der Waals surface area (Å²) in [6.07, 6.45) is 0. The molecule has 3 aromatic rings. The number of ether oxygens (including phenoxy) is 1. The fraction of sp³-hybridized carbons (Fsp3) is 0.0455. The fourth-order valence-electron chi connectivity index (χ4n) is 2.51. The van der Waals surface area contributed by atoms with Gasteiger partial charge < -0.3 is 21.1 Å². The third-order valence-corrected chi connectivity index (χ3v) is 4.94. The first kappa shape index (κ1) is 20.9. The van der Waals surface area contributed by atoms with Crippen molar-refractivity contribution in [2.24, 2.45) is 5.73 Å². The number of anilines is 2. The molecule has 0 aromatic heterocycles. The van der Waals surface area contributed by atoms with Gasteiger partial charge in [-0.1, -0.05) is 42.1 Å². The highest BCUT2D eigenvalue weighted by atomic mass is 32.2. The molecule has 0 aliphatic carbocycles. The third-order valence-electron chi connectivity index (χ3n) is 3.85. The van der Waals surface area contributed by atoms with Crippen molar-refractivity contribution in [3.63, 3.8) is 0 Å². The average molecular weight is 421 g/mol. The first-order chi connectivity index (χ1) is 14.5. The third kappa shape index (κ3) is 6.11. The lowest BCUT2D eigenvalue weighted by molar-refractivity contribution is -0.119. The van der Waals surface area contributed by atoms with Gasteiger partial charge in [0, 0.05) is 15.5 Å². The number of carbonyl (C=O) groups is 3. The Morgan fingerprint density at radius 2 is 1.50 bits per heavy atom. The number of primary amides is 1. The van der Waals surface area contributed by atoms with Crippen LogP contribution in [0, 0.1) is 0 Å². The number of benzene rings is 3. The molecule has 0 atom stereocenters. The molecule has 0 saturated carbocycles. The predicted octanol–water partition coefficient (Wildman–Crippen LogP) is 4.12. The Balaban J connectivity index is 1.56. The number of urea groups is 1. The molecular weight excluding hydrogens is 402 g/mol. The molecule has 3 aromatic carbocycles. The summed E-state index contributed by atoms with van der Waals surface area (Å²) in [6.45, 7) is -0.426. The number of nitrogens with one attached hydrogen (secondary N) is 2. The molecule has 8 heteroatoms. The van der Waals surface area contributed by atoms with Gasteiger partial charge in [-0.05, 0) is 48.5 Å². The van der Waals surface area contributed by atoms with Crippen LogP contribution >= 0.6 is 11.8 Å². The molecule has 0 saturated heterocycles. The minimum absolute atomic E-state index is 0.248. The van der Waals surface area contributed by atoms with Crippen molar-refractivity contribution >= 4 is 41.0 Å². The number of esters is 1. The number of hydrogen-bond acceptors (Lipinski definition) is 5. The van der Waals surface area contributed by atoms with Crippen LogP contribution < -0.4 is 16.4 Å². The summed E-state index contributed by atoms with van der Waals surface area (Å²) in [5.41, 5.74) is 6.36. The van der Waals surface area contributed by atoms with Crippen LogP contribution in [0.5, 0.6) is 0 Å². The minimum atomic E-state index is -0.701. The Morgan fingerprint density at radius 1 is 0.833 bits per heavy atom. The molecule has 0 spiro atoms.